The predicted molar refractivity (Wildman–Crippen MR) is 79.0 cm³/mol. The molecular weight excluding hydrogens is 326 g/mol. The Morgan fingerprint density at radius 1 is 0.958 bits per heavy atom. The van der Waals surface area contributed by atoms with E-state index < -0.39 is 35.1 Å². The predicted octanol–water partition coefficient (Wildman–Crippen LogP) is 2.94. The molecule has 0 amide bonds. The zero-order valence-electron chi connectivity index (χ0n) is 12.5. The van der Waals surface area contributed by atoms with Gasteiger partial charge in [0.2, 0.25) is 0 Å². The van der Waals surface area contributed by atoms with Gasteiger partial charge in [-0.25, -0.2) is 18.4 Å². The highest BCUT2D eigenvalue weighted by Crippen LogP contribution is 2.19. The van der Waals surface area contributed by atoms with E-state index in [1.54, 1.807) is 6.92 Å². The average molecular weight is 340 g/mol. The molecule has 2 aromatic carbocycles. The number of carbonyl (C=O) groups is 2. The number of carboxylic acids is 1. The molecule has 128 valence electrons. The summed E-state index contributed by atoms with van der Waals surface area (Å²) in [5.74, 6) is -4.14. The highest BCUT2D eigenvalue weighted by Gasteiger charge is 2.12. The van der Waals surface area contributed by atoms with Crippen LogP contribution in [0.25, 0.3) is 0 Å². The number of benzene rings is 2. The number of aromatic carboxylic acids is 1. The van der Waals surface area contributed by atoms with Gasteiger partial charge in [0.05, 0.1) is 6.61 Å². The van der Waals surface area contributed by atoms with Gasteiger partial charge in [0.15, 0.2) is 0 Å². The first kappa shape index (κ1) is 18.9. The molecule has 0 fully saturated rings. The molecular formula is C16H14F2O6. The third kappa shape index (κ3) is 5.24. The van der Waals surface area contributed by atoms with Crippen LogP contribution in [-0.4, -0.2) is 33.9 Å². The van der Waals surface area contributed by atoms with E-state index in [1.165, 1.54) is 6.07 Å². The number of carboxylic acid groups (broad SMARTS) is 1. The maximum atomic E-state index is 12.5. The van der Waals surface area contributed by atoms with Crippen LogP contribution in [0.15, 0.2) is 36.4 Å². The molecule has 0 aliphatic heterocycles. The van der Waals surface area contributed by atoms with Crippen molar-refractivity contribution in [3.8, 4) is 11.5 Å². The van der Waals surface area contributed by atoms with Crippen LogP contribution < -0.4 is 0 Å². The topological polar surface area (TPSA) is 104 Å². The highest BCUT2D eigenvalue weighted by molar-refractivity contribution is 5.92. The SMILES string of the molecule is CCOC(=O)c1ccc(F)cc1O.O=C(O)c1ccc(F)cc1O. The van der Waals surface area contributed by atoms with E-state index in [2.05, 4.69) is 4.74 Å². The van der Waals surface area contributed by atoms with Crippen molar-refractivity contribution in [2.45, 2.75) is 6.92 Å². The Morgan fingerprint density at radius 3 is 1.79 bits per heavy atom. The number of hydrogen-bond acceptors (Lipinski definition) is 5. The van der Waals surface area contributed by atoms with Crippen LogP contribution in [0.5, 0.6) is 11.5 Å². The van der Waals surface area contributed by atoms with Crippen LogP contribution in [0.4, 0.5) is 8.78 Å². The van der Waals surface area contributed by atoms with Crippen LogP contribution >= 0.6 is 0 Å². The van der Waals surface area contributed by atoms with E-state index in [0.29, 0.717) is 0 Å². The molecule has 0 bridgehead atoms. The molecule has 2 aromatic rings. The fourth-order valence-corrected chi connectivity index (χ4v) is 1.57. The Balaban J connectivity index is 0.000000243. The molecule has 0 aromatic heterocycles. The lowest BCUT2D eigenvalue weighted by molar-refractivity contribution is 0.0522. The summed E-state index contributed by atoms with van der Waals surface area (Å²) in [5, 5.41) is 26.4. The van der Waals surface area contributed by atoms with Crippen molar-refractivity contribution in [3.63, 3.8) is 0 Å². The number of aromatic hydroxyl groups is 2. The first-order valence-electron chi connectivity index (χ1n) is 6.63. The number of phenols is 2. The Morgan fingerprint density at radius 2 is 1.42 bits per heavy atom. The monoisotopic (exact) mass is 340 g/mol. The second-order valence-corrected chi connectivity index (χ2v) is 4.35. The summed E-state index contributed by atoms with van der Waals surface area (Å²) in [5.41, 5.74) is -0.324. The molecule has 0 unspecified atom stereocenters. The Hall–Kier alpha value is -3.16. The summed E-state index contributed by atoms with van der Waals surface area (Å²) < 4.78 is 29.4. The molecule has 0 spiro atoms. The van der Waals surface area contributed by atoms with Gasteiger partial charge < -0.3 is 20.1 Å². The van der Waals surface area contributed by atoms with Crippen molar-refractivity contribution in [2.75, 3.05) is 6.61 Å². The lowest BCUT2D eigenvalue weighted by Gasteiger charge is -2.03. The molecule has 0 saturated carbocycles. The van der Waals surface area contributed by atoms with Gasteiger partial charge in [-0.2, -0.15) is 0 Å². The molecule has 0 aliphatic carbocycles. The number of carbonyl (C=O) groups excluding carboxylic acids is 1. The molecule has 24 heavy (non-hydrogen) atoms. The zero-order chi connectivity index (χ0) is 18.3. The van der Waals surface area contributed by atoms with Gasteiger partial charge in [0.1, 0.15) is 34.3 Å². The molecule has 2 rings (SSSR count). The molecule has 0 saturated heterocycles. The molecule has 0 radical (unpaired) electrons. The third-order valence-corrected chi connectivity index (χ3v) is 2.65. The van der Waals surface area contributed by atoms with Gasteiger partial charge >= 0.3 is 11.9 Å². The molecule has 0 heterocycles. The van der Waals surface area contributed by atoms with Crippen LogP contribution in [0.1, 0.15) is 27.6 Å². The van der Waals surface area contributed by atoms with Gasteiger partial charge in [0, 0.05) is 12.1 Å². The number of rotatable bonds is 3. The molecule has 0 atom stereocenters. The molecule has 6 nitrogen and oxygen atoms in total. The first-order chi connectivity index (χ1) is 11.3. The number of ether oxygens (including phenoxy) is 1. The summed E-state index contributed by atoms with van der Waals surface area (Å²) in [6, 6.07) is 5.88. The second kappa shape index (κ2) is 8.47. The van der Waals surface area contributed by atoms with Crippen LogP contribution in [0, 0.1) is 11.6 Å². The Kier molecular flexibility index (Phi) is 6.66. The van der Waals surface area contributed by atoms with E-state index in [0.717, 1.165) is 30.3 Å². The number of halogens is 2. The average Bonchev–Trinajstić information content (AvgIpc) is 2.47. The van der Waals surface area contributed by atoms with Gasteiger partial charge in [0.25, 0.3) is 0 Å². The van der Waals surface area contributed by atoms with Crippen molar-refractivity contribution < 1.29 is 38.4 Å². The minimum Gasteiger partial charge on any atom is -0.507 e. The fourth-order valence-electron chi connectivity index (χ4n) is 1.57. The number of esters is 1. The van der Waals surface area contributed by atoms with E-state index in [1.807, 2.05) is 0 Å². The Labute approximate surface area is 135 Å². The maximum Gasteiger partial charge on any atom is 0.341 e. The summed E-state index contributed by atoms with van der Waals surface area (Å²) in [7, 11) is 0. The maximum absolute atomic E-state index is 12.5. The van der Waals surface area contributed by atoms with E-state index in [4.69, 9.17) is 15.3 Å². The van der Waals surface area contributed by atoms with Gasteiger partial charge in [-0.3, -0.25) is 0 Å². The van der Waals surface area contributed by atoms with Crippen molar-refractivity contribution in [3.05, 3.63) is 59.2 Å². The van der Waals surface area contributed by atoms with Crippen LogP contribution in [-0.2, 0) is 4.74 Å². The van der Waals surface area contributed by atoms with Crippen molar-refractivity contribution in [1.29, 1.82) is 0 Å². The van der Waals surface area contributed by atoms with Gasteiger partial charge in [-0.1, -0.05) is 0 Å². The molecule has 8 heteroatoms. The lowest BCUT2D eigenvalue weighted by Crippen LogP contribution is -2.04. The highest BCUT2D eigenvalue weighted by atomic mass is 19.1. The largest absolute Gasteiger partial charge is 0.507 e. The van der Waals surface area contributed by atoms with Crippen LogP contribution in [0.3, 0.4) is 0 Å². The van der Waals surface area contributed by atoms with Crippen molar-refractivity contribution >= 4 is 11.9 Å². The summed E-state index contributed by atoms with van der Waals surface area (Å²) >= 11 is 0. The van der Waals surface area contributed by atoms with E-state index >= 15 is 0 Å². The van der Waals surface area contributed by atoms with Crippen molar-refractivity contribution in [2.24, 2.45) is 0 Å². The number of phenolic OH excluding ortho intramolecular Hbond substituents is 1. The fraction of sp³-hybridized carbons (Fsp3) is 0.125. The summed E-state index contributed by atoms with van der Waals surface area (Å²) in [4.78, 5) is 21.3. The van der Waals surface area contributed by atoms with E-state index in [-0.39, 0.29) is 17.7 Å². The van der Waals surface area contributed by atoms with Gasteiger partial charge in [-0.05, 0) is 31.2 Å². The van der Waals surface area contributed by atoms with E-state index in [9.17, 15) is 18.4 Å². The second-order valence-electron chi connectivity index (χ2n) is 4.35. The summed E-state index contributed by atoms with van der Waals surface area (Å²) in [6.07, 6.45) is 0. The molecule has 0 aliphatic rings. The number of hydrogen-bond donors (Lipinski definition) is 3. The lowest BCUT2D eigenvalue weighted by atomic mass is 10.2. The smallest absolute Gasteiger partial charge is 0.341 e. The van der Waals surface area contributed by atoms with Crippen molar-refractivity contribution in [1.82, 2.24) is 0 Å². The third-order valence-electron chi connectivity index (χ3n) is 2.65. The zero-order valence-corrected chi connectivity index (χ0v) is 12.5. The summed E-state index contributed by atoms with van der Waals surface area (Å²) in [6.45, 7) is 1.87. The van der Waals surface area contributed by atoms with Crippen LogP contribution in [0.2, 0.25) is 0 Å². The standard InChI is InChI=1S/C9H9FO3.C7H5FO3/c1-2-13-9(12)7-4-3-6(10)5-8(7)11;8-4-1-2-5(7(10)11)6(9)3-4/h3-5,11H,2H2,1H3;1-3,9H,(H,10,11). The minimum absolute atomic E-state index is 0.0248. The molecule has 3 N–H and O–H groups in total. The first-order valence-corrected chi connectivity index (χ1v) is 6.63. The minimum atomic E-state index is -1.28. The normalized spacial score (nSPS) is 9.62. The van der Waals surface area contributed by atoms with Gasteiger partial charge in [-0.15, -0.1) is 0 Å². The quantitative estimate of drug-likeness (QED) is 0.742. The Bertz CT molecular complexity index is 745.